The lowest BCUT2D eigenvalue weighted by atomic mass is 9.98. The van der Waals surface area contributed by atoms with Crippen LogP contribution in [0.3, 0.4) is 0 Å². The van der Waals surface area contributed by atoms with Crippen LogP contribution in [0.25, 0.3) is 21.9 Å². The first kappa shape index (κ1) is 23.3. The molecule has 1 amide bonds. The second-order valence-corrected chi connectivity index (χ2v) is 8.56. The number of ether oxygens (including phenoxy) is 1. The van der Waals surface area contributed by atoms with Crippen molar-refractivity contribution in [3.63, 3.8) is 0 Å². The summed E-state index contributed by atoms with van der Waals surface area (Å²) in [6.45, 7) is 9.46. The van der Waals surface area contributed by atoms with Crippen molar-refractivity contribution in [2.24, 2.45) is 0 Å². The number of furan rings is 1. The Hall–Kier alpha value is -3.87. The summed E-state index contributed by atoms with van der Waals surface area (Å²) in [4.78, 5) is 36.3. The summed E-state index contributed by atoms with van der Waals surface area (Å²) < 4.78 is 16.6. The van der Waals surface area contributed by atoms with Gasteiger partial charge in [-0.15, -0.1) is 0 Å². The number of fused-ring (bicyclic) bond motifs is 3. The molecule has 0 saturated heterocycles. The quantitative estimate of drug-likeness (QED) is 0.256. The number of carbonyl (C=O) groups is 2. The first-order valence-corrected chi connectivity index (χ1v) is 11.2. The van der Waals surface area contributed by atoms with Crippen molar-refractivity contribution in [2.75, 3.05) is 6.54 Å². The van der Waals surface area contributed by atoms with E-state index in [1.165, 1.54) is 6.92 Å². The number of benzene rings is 2. The molecule has 176 valence electrons. The fourth-order valence-electron chi connectivity index (χ4n) is 4.30. The Morgan fingerprint density at radius 1 is 0.971 bits per heavy atom. The van der Waals surface area contributed by atoms with Crippen LogP contribution in [-0.4, -0.2) is 18.4 Å². The van der Waals surface area contributed by atoms with Gasteiger partial charge in [0.2, 0.25) is 5.91 Å². The lowest BCUT2D eigenvalue weighted by Gasteiger charge is -2.10. The molecular weight excluding hydrogens is 434 g/mol. The van der Waals surface area contributed by atoms with E-state index in [0.29, 0.717) is 41.0 Å². The van der Waals surface area contributed by atoms with Crippen LogP contribution in [0.15, 0.2) is 44.0 Å². The van der Waals surface area contributed by atoms with E-state index < -0.39 is 5.63 Å². The maximum absolute atomic E-state index is 12.7. The number of hydrogen-bond donors (Lipinski definition) is 1. The normalized spacial score (nSPS) is 11.2. The van der Waals surface area contributed by atoms with Gasteiger partial charge in [0, 0.05) is 18.9 Å². The van der Waals surface area contributed by atoms with Crippen molar-refractivity contribution in [3.05, 3.63) is 74.3 Å². The number of rotatable bonds is 6. The molecule has 0 radical (unpaired) electrons. The Morgan fingerprint density at radius 2 is 1.68 bits per heavy atom. The van der Waals surface area contributed by atoms with E-state index in [-0.39, 0.29) is 18.3 Å². The average Bonchev–Trinajstić information content (AvgIpc) is 3.06. The lowest BCUT2D eigenvalue weighted by Crippen LogP contribution is -2.29. The highest BCUT2D eigenvalue weighted by molar-refractivity contribution is 6.07. The molecule has 0 atom stereocenters. The second kappa shape index (κ2) is 9.17. The van der Waals surface area contributed by atoms with Gasteiger partial charge in [0.25, 0.3) is 0 Å². The van der Waals surface area contributed by atoms with Gasteiger partial charge in [0.05, 0.1) is 17.4 Å². The number of nitrogens with one attached hydrogen (secondary N) is 1. The molecule has 7 nitrogen and oxygen atoms in total. The Balaban J connectivity index is 1.51. The zero-order valence-electron chi connectivity index (χ0n) is 20.0. The van der Waals surface area contributed by atoms with Crippen molar-refractivity contribution in [1.29, 1.82) is 0 Å². The molecule has 0 spiro atoms. The van der Waals surface area contributed by atoms with Gasteiger partial charge in [-0.1, -0.05) is 12.1 Å². The summed E-state index contributed by atoms with van der Waals surface area (Å²) in [6.07, 6.45) is 0.520. The van der Waals surface area contributed by atoms with E-state index in [2.05, 4.69) is 5.32 Å². The lowest BCUT2D eigenvalue weighted by molar-refractivity contribution is -0.131. The predicted molar refractivity (Wildman–Crippen MR) is 129 cm³/mol. The highest BCUT2D eigenvalue weighted by Crippen LogP contribution is 2.36. The van der Waals surface area contributed by atoms with Gasteiger partial charge >= 0.3 is 11.6 Å². The van der Waals surface area contributed by atoms with Crippen LogP contribution in [0.4, 0.5) is 0 Å². The van der Waals surface area contributed by atoms with E-state index in [4.69, 9.17) is 13.6 Å². The molecule has 0 aliphatic rings. The maximum atomic E-state index is 12.7. The van der Waals surface area contributed by atoms with E-state index in [1.807, 2.05) is 45.9 Å². The van der Waals surface area contributed by atoms with Gasteiger partial charge in [0.1, 0.15) is 22.7 Å². The fourth-order valence-corrected chi connectivity index (χ4v) is 4.30. The number of esters is 1. The fraction of sp³-hybridized carbons (Fsp3) is 0.296. The van der Waals surface area contributed by atoms with Crippen LogP contribution in [0.5, 0.6) is 5.75 Å². The second-order valence-electron chi connectivity index (χ2n) is 8.56. The third-order valence-corrected chi connectivity index (χ3v) is 6.14. The summed E-state index contributed by atoms with van der Waals surface area (Å²) in [5.41, 5.74) is 4.67. The molecule has 0 unspecified atom stereocenters. The standard InChI is InChI=1S/C27H27NO6/c1-14-12-22-25(26-24(14)15(2)17(4)32-26)16(3)21(27(31)34-22)13-23(30)28-11-10-19-6-8-20(9-7-19)33-18(5)29/h6-9,12H,10-11,13H2,1-5H3,(H,28,30). The molecule has 0 aliphatic carbocycles. The minimum absolute atomic E-state index is 0.0798. The molecular formula is C27H27NO6. The third kappa shape index (κ3) is 4.46. The number of carbonyl (C=O) groups excluding carboxylic acids is 2. The Labute approximate surface area is 196 Å². The number of aryl methyl sites for hydroxylation is 4. The maximum Gasteiger partial charge on any atom is 0.340 e. The zero-order valence-corrected chi connectivity index (χ0v) is 20.0. The van der Waals surface area contributed by atoms with Crippen molar-refractivity contribution >= 4 is 33.8 Å². The topological polar surface area (TPSA) is 98.8 Å². The minimum atomic E-state index is -0.514. The largest absolute Gasteiger partial charge is 0.460 e. The molecule has 2 aromatic carbocycles. The number of hydrogen-bond acceptors (Lipinski definition) is 6. The Bertz CT molecular complexity index is 1470. The van der Waals surface area contributed by atoms with Crippen molar-refractivity contribution in [1.82, 2.24) is 5.32 Å². The van der Waals surface area contributed by atoms with Gasteiger partial charge in [-0.3, -0.25) is 9.59 Å². The monoisotopic (exact) mass is 461 g/mol. The Kier molecular flexibility index (Phi) is 6.28. The van der Waals surface area contributed by atoms with Crippen molar-refractivity contribution < 1.29 is 23.2 Å². The molecule has 2 aromatic heterocycles. The van der Waals surface area contributed by atoms with Gasteiger partial charge in [0.15, 0.2) is 0 Å². The van der Waals surface area contributed by atoms with E-state index in [9.17, 15) is 14.4 Å². The summed E-state index contributed by atoms with van der Waals surface area (Å²) in [7, 11) is 0. The molecule has 1 N–H and O–H groups in total. The van der Waals surface area contributed by atoms with Crippen LogP contribution in [-0.2, 0) is 22.4 Å². The summed E-state index contributed by atoms with van der Waals surface area (Å²) >= 11 is 0. The SMILES string of the molecule is CC(=O)Oc1ccc(CCNC(=O)Cc2c(C)c3c(cc(C)c4c(C)c(C)oc43)oc2=O)cc1. The minimum Gasteiger partial charge on any atom is -0.460 e. The van der Waals surface area contributed by atoms with Crippen molar-refractivity contribution in [3.8, 4) is 5.75 Å². The highest BCUT2D eigenvalue weighted by atomic mass is 16.5. The van der Waals surface area contributed by atoms with E-state index >= 15 is 0 Å². The molecule has 0 fully saturated rings. The van der Waals surface area contributed by atoms with Gasteiger partial charge in [-0.2, -0.15) is 0 Å². The van der Waals surface area contributed by atoms with Crippen LogP contribution < -0.4 is 15.7 Å². The van der Waals surface area contributed by atoms with Crippen LogP contribution in [0.1, 0.15) is 40.5 Å². The van der Waals surface area contributed by atoms with Crippen LogP contribution in [0.2, 0.25) is 0 Å². The zero-order chi connectivity index (χ0) is 24.6. The highest BCUT2D eigenvalue weighted by Gasteiger charge is 2.21. The molecule has 0 bridgehead atoms. The number of amides is 1. The predicted octanol–water partition coefficient (Wildman–Crippen LogP) is 4.60. The first-order valence-electron chi connectivity index (χ1n) is 11.2. The molecule has 4 rings (SSSR count). The summed E-state index contributed by atoms with van der Waals surface area (Å²) in [5, 5.41) is 4.60. The average molecular weight is 462 g/mol. The van der Waals surface area contributed by atoms with Gasteiger partial charge < -0.3 is 18.9 Å². The van der Waals surface area contributed by atoms with Crippen LogP contribution in [0, 0.1) is 27.7 Å². The summed E-state index contributed by atoms with van der Waals surface area (Å²) in [6, 6.07) is 8.95. The molecule has 0 aliphatic heterocycles. The van der Waals surface area contributed by atoms with Crippen LogP contribution >= 0.6 is 0 Å². The van der Waals surface area contributed by atoms with Crippen molar-refractivity contribution in [2.45, 2.75) is 47.5 Å². The summed E-state index contributed by atoms with van der Waals surface area (Å²) in [5.74, 6) is 0.657. The smallest absolute Gasteiger partial charge is 0.340 e. The molecule has 2 heterocycles. The van der Waals surface area contributed by atoms with Gasteiger partial charge in [-0.05, 0) is 74.6 Å². The third-order valence-electron chi connectivity index (χ3n) is 6.14. The molecule has 4 aromatic rings. The molecule has 0 saturated carbocycles. The van der Waals surface area contributed by atoms with E-state index in [0.717, 1.165) is 33.2 Å². The first-order chi connectivity index (χ1) is 16.2. The molecule has 7 heteroatoms. The van der Waals surface area contributed by atoms with Gasteiger partial charge in [-0.25, -0.2) is 4.79 Å². The Morgan fingerprint density at radius 3 is 2.35 bits per heavy atom. The molecule has 34 heavy (non-hydrogen) atoms. The van der Waals surface area contributed by atoms with E-state index in [1.54, 1.807) is 12.1 Å².